The Balaban J connectivity index is 5.66. The smallest absolute Gasteiger partial charge is 0.245 e. The Morgan fingerprint density at radius 2 is 1.27 bits per heavy atom. The number of amides is 2. The Morgan fingerprint density at radius 1 is 0.800 bits per heavy atom. The van der Waals surface area contributed by atoms with Gasteiger partial charge in [0.15, 0.2) is 5.78 Å². The molecule has 6 heteroatoms. The molecule has 0 aliphatic rings. The molecule has 0 radical (unpaired) electrons. The first-order valence-electron chi connectivity index (χ1n) is 11.6. The van der Waals surface area contributed by atoms with Crippen molar-refractivity contribution < 1.29 is 14.4 Å². The molecule has 0 aliphatic heterocycles. The van der Waals surface area contributed by atoms with Crippen LogP contribution in [0.2, 0.25) is 0 Å². The number of likely N-dealkylation sites (N-methyl/N-ethyl adjacent to an activating group) is 2. The van der Waals surface area contributed by atoms with Gasteiger partial charge < -0.3 is 10.2 Å². The molecule has 176 valence electrons. The highest BCUT2D eigenvalue weighted by atomic mass is 16.2. The molecular weight excluding hydrogens is 378 g/mol. The number of Topliss-reactive ketones (excluding diaryl/α,β-unsaturated/α-hetero) is 1. The number of rotatable bonds is 13. The molecule has 0 rings (SSSR count). The number of ketones is 1. The summed E-state index contributed by atoms with van der Waals surface area (Å²) in [5.74, 6) is 0.317. The molecule has 0 unspecified atom stereocenters. The van der Waals surface area contributed by atoms with Gasteiger partial charge in [0, 0.05) is 19.5 Å². The highest BCUT2D eigenvalue weighted by molar-refractivity contribution is 5.93. The third kappa shape index (κ3) is 8.75. The summed E-state index contributed by atoms with van der Waals surface area (Å²) >= 11 is 0. The number of carbonyl (C=O) groups is 3. The summed E-state index contributed by atoms with van der Waals surface area (Å²) < 4.78 is 0. The van der Waals surface area contributed by atoms with E-state index in [4.69, 9.17) is 0 Å². The van der Waals surface area contributed by atoms with E-state index in [9.17, 15) is 14.4 Å². The molecule has 0 heterocycles. The quantitative estimate of drug-likeness (QED) is 0.488. The fraction of sp³-hybridized carbons (Fsp3) is 0.875. The van der Waals surface area contributed by atoms with Gasteiger partial charge in [-0.15, -0.1) is 0 Å². The highest BCUT2D eigenvalue weighted by Gasteiger charge is 2.35. The summed E-state index contributed by atoms with van der Waals surface area (Å²) in [4.78, 5) is 42.7. The van der Waals surface area contributed by atoms with Crippen molar-refractivity contribution in [2.75, 3.05) is 14.1 Å². The number of hydrogen-bond donors (Lipinski definition) is 1. The van der Waals surface area contributed by atoms with E-state index in [0.717, 1.165) is 6.42 Å². The number of carbonyl (C=O) groups excluding carboxylic acids is 3. The predicted molar refractivity (Wildman–Crippen MR) is 124 cm³/mol. The second kappa shape index (κ2) is 13.1. The van der Waals surface area contributed by atoms with Crippen LogP contribution in [0.5, 0.6) is 0 Å². The normalized spacial score (nSPS) is 15.1. The summed E-state index contributed by atoms with van der Waals surface area (Å²) in [5.41, 5.74) is 0. The summed E-state index contributed by atoms with van der Waals surface area (Å²) in [6.07, 6.45) is 1.74. The molecule has 0 aromatic heterocycles. The average Bonchev–Trinajstić information content (AvgIpc) is 2.65. The van der Waals surface area contributed by atoms with Crippen LogP contribution in [0.3, 0.4) is 0 Å². The third-order valence-electron chi connectivity index (χ3n) is 5.76. The lowest BCUT2D eigenvalue weighted by atomic mass is 9.95. The third-order valence-corrected chi connectivity index (χ3v) is 5.76. The molecule has 2 amide bonds. The van der Waals surface area contributed by atoms with Crippen molar-refractivity contribution in [2.24, 2.45) is 17.8 Å². The monoisotopic (exact) mass is 425 g/mol. The van der Waals surface area contributed by atoms with Crippen LogP contribution in [0.1, 0.15) is 81.6 Å². The molecule has 0 aromatic rings. The lowest BCUT2D eigenvalue weighted by Crippen LogP contribution is -2.58. The lowest BCUT2D eigenvalue weighted by molar-refractivity contribution is -0.143. The van der Waals surface area contributed by atoms with Crippen molar-refractivity contribution in [3.8, 4) is 0 Å². The molecule has 0 bridgehead atoms. The van der Waals surface area contributed by atoms with Gasteiger partial charge in [0.1, 0.15) is 6.04 Å². The van der Waals surface area contributed by atoms with E-state index in [1.165, 1.54) is 0 Å². The van der Waals surface area contributed by atoms with Crippen molar-refractivity contribution in [2.45, 2.75) is 106 Å². The maximum atomic E-state index is 13.4. The van der Waals surface area contributed by atoms with Crippen LogP contribution in [-0.2, 0) is 14.4 Å². The van der Waals surface area contributed by atoms with Crippen LogP contribution >= 0.6 is 0 Å². The van der Waals surface area contributed by atoms with Gasteiger partial charge in [-0.05, 0) is 51.5 Å². The Bertz CT molecular complexity index is 558. The molecule has 30 heavy (non-hydrogen) atoms. The Kier molecular flexibility index (Phi) is 12.5. The van der Waals surface area contributed by atoms with Gasteiger partial charge in [-0.3, -0.25) is 19.3 Å². The van der Waals surface area contributed by atoms with Crippen molar-refractivity contribution in [1.29, 1.82) is 0 Å². The van der Waals surface area contributed by atoms with Gasteiger partial charge in [-0.2, -0.15) is 0 Å². The van der Waals surface area contributed by atoms with Crippen molar-refractivity contribution in [3.05, 3.63) is 0 Å². The van der Waals surface area contributed by atoms with E-state index in [2.05, 4.69) is 37.9 Å². The van der Waals surface area contributed by atoms with Crippen LogP contribution in [-0.4, -0.2) is 65.7 Å². The zero-order chi connectivity index (χ0) is 23.8. The SMILES string of the molecule is CCC(=O)[C@H](CC(C)C)N(C)C(=O)[C@@H](NC(=O)[C@H](CC(C)C)N(C)C(C)C)C(C)C. The Labute approximate surface area is 185 Å². The number of hydrogen-bond acceptors (Lipinski definition) is 4. The molecule has 0 aromatic carbocycles. The zero-order valence-electron chi connectivity index (χ0n) is 21.3. The molecule has 0 saturated heterocycles. The molecule has 6 nitrogen and oxygen atoms in total. The minimum Gasteiger partial charge on any atom is -0.343 e. The zero-order valence-corrected chi connectivity index (χ0v) is 21.3. The molecule has 3 atom stereocenters. The molecule has 0 fully saturated rings. The van der Waals surface area contributed by atoms with Crippen molar-refractivity contribution >= 4 is 17.6 Å². The van der Waals surface area contributed by atoms with Crippen molar-refractivity contribution in [3.63, 3.8) is 0 Å². The topological polar surface area (TPSA) is 69.7 Å². The van der Waals surface area contributed by atoms with Gasteiger partial charge >= 0.3 is 0 Å². The number of nitrogens with zero attached hydrogens (tertiary/aromatic N) is 2. The van der Waals surface area contributed by atoms with Gasteiger partial charge in [-0.25, -0.2) is 0 Å². The van der Waals surface area contributed by atoms with Crippen molar-refractivity contribution in [1.82, 2.24) is 15.1 Å². The second-order valence-electron chi connectivity index (χ2n) is 10.0. The van der Waals surface area contributed by atoms with Crippen LogP contribution in [0.25, 0.3) is 0 Å². The van der Waals surface area contributed by atoms with Crippen LogP contribution < -0.4 is 5.32 Å². The van der Waals surface area contributed by atoms with Crippen LogP contribution in [0.15, 0.2) is 0 Å². The van der Waals surface area contributed by atoms with Gasteiger partial charge in [-0.1, -0.05) is 48.5 Å². The Morgan fingerprint density at radius 3 is 1.63 bits per heavy atom. The van der Waals surface area contributed by atoms with Gasteiger partial charge in [0.2, 0.25) is 11.8 Å². The first-order chi connectivity index (χ1) is 13.7. The van der Waals surface area contributed by atoms with E-state index < -0.39 is 12.1 Å². The largest absolute Gasteiger partial charge is 0.343 e. The summed E-state index contributed by atoms with van der Waals surface area (Å²) in [5, 5.41) is 3.02. The fourth-order valence-corrected chi connectivity index (χ4v) is 3.59. The first-order valence-corrected chi connectivity index (χ1v) is 11.6. The number of nitrogens with one attached hydrogen (secondary N) is 1. The van der Waals surface area contributed by atoms with Crippen LogP contribution in [0.4, 0.5) is 0 Å². The summed E-state index contributed by atoms with van der Waals surface area (Å²) in [6, 6.07) is -1.19. The standard InChI is InChI=1S/C24H47N3O3/c1-12-21(28)19(13-15(2)3)27(11)24(30)22(17(6)7)25-23(29)20(14-16(4)5)26(10)18(8)9/h15-20,22H,12-14H2,1-11H3,(H,25,29)/t19-,20-,22-/m0/s1. The minimum atomic E-state index is -0.656. The molecule has 0 aliphatic carbocycles. The predicted octanol–water partition coefficient (Wildman–Crippen LogP) is 3.73. The van der Waals surface area contributed by atoms with E-state index in [0.29, 0.717) is 24.7 Å². The van der Waals surface area contributed by atoms with Gasteiger partial charge in [0.25, 0.3) is 0 Å². The highest BCUT2D eigenvalue weighted by Crippen LogP contribution is 2.18. The molecule has 0 saturated carbocycles. The van der Waals surface area contributed by atoms with Crippen LogP contribution in [0, 0.1) is 17.8 Å². The first kappa shape index (κ1) is 28.6. The summed E-state index contributed by atoms with van der Waals surface area (Å²) in [7, 11) is 3.64. The lowest BCUT2D eigenvalue weighted by Gasteiger charge is -2.36. The maximum absolute atomic E-state index is 13.4. The fourth-order valence-electron chi connectivity index (χ4n) is 3.59. The van der Waals surface area contributed by atoms with E-state index in [-0.39, 0.29) is 35.6 Å². The molecular formula is C24H47N3O3. The van der Waals surface area contributed by atoms with Gasteiger partial charge in [0.05, 0.1) is 12.1 Å². The maximum Gasteiger partial charge on any atom is 0.245 e. The summed E-state index contributed by atoms with van der Waals surface area (Å²) in [6.45, 7) is 18.1. The minimum absolute atomic E-state index is 0.0607. The van der Waals surface area contributed by atoms with E-state index in [1.807, 2.05) is 41.7 Å². The average molecular weight is 426 g/mol. The Hall–Kier alpha value is -1.43. The molecule has 1 N–H and O–H groups in total. The van der Waals surface area contributed by atoms with E-state index in [1.54, 1.807) is 11.9 Å². The second-order valence-corrected chi connectivity index (χ2v) is 10.0. The molecule has 0 spiro atoms. The van der Waals surface area contributed by atoms with E-state index >= 15 is 0 Å².